The van der Waals surface area contributed by atoms with Gasteiger partial charge in [-0.15, -0.1) is 0 Å². The molecular formula is C24H24BrNO2. The summed E-state index contributed by atoms with van der Waals surface area (Å²) in [6.45, 7) is 5.17. The molecule has 0 aliphatic heterocycles. The highest BCUT2D eigenvalue weighted by Crippen LogP contribution is 2.19. The van der Waals surface area contributed by atoms with Crippen LogP contribution in [-0.2, 0) is 13.2 Å². The second kappa shape index (κ2) is 9.56. The van der Waals surface area contributed by atoms with E-state index in [1.807, 2.05) is 97.6 Å². The fourth-order valence-corrected chi connectivity index (χ4v) is 3.14. The highest BCUT2D eigenvalue weighted by molar-refractivity contribution is 9.10. The molecule has 0 atom stereocenters. The molecule has 0 aliphatic rings. The maximum absolute atomic E-state index is 12.9. The predicted octanol–water partition coefficient (Wildman–Crippen LogP) is 6.08. The van der Waals surface area contributed by atoms with E-state index in [9.17, 15) is 4.79 Å². The highest BCUT2D eigenvalue weighted by Gasteiger charge is 2.19. The van der Waals surface area contributed by atoms with Crippen molar-refractivity contribution in [2.75, 3.05) is 0 Å². The van der Waals surface area contributed by atoms with Crippen LogP contribution in [0.4, 0.5) is 0 Å². The van der Waals surface area contributed by atoms with Gasteiger partial charge in [0.05, 0.1) is 0 Å². The molecule has 0 fully saturated rings. The van der Waals surface area contributed by atoms with E-state index in [1.165, 1.54) is 0 Å². The van der Waals surface area contributed by atoms with Crippen LogP contribution < -0.4 is 4.74 Å². The van der Waals surface area contributed by atoms with Crippen LogP contribution in [0, 0.1) is 0 Å². The lowest BCUT2D eigenvalue weighted by atomic mass is 10.1. The predicted molar refractivity (Wildman–Crippen MR) is 116 cm³/mol. The Bertz CT molecular complexity index is 890. The van der Waals surface area contributed by atoms with Crippen LogP contribution in [0.2, 0.25) is 0 Å². The summed E-state index contributed by atoms with van der Waals surface area (Å²) in [6, 6.07) is 25.6. The number of ether oxygens (including phenoxy) is 1. The minimum absolute atomic E-state index is 0.0342. The quantitative estimate of drug-likeness (QED) is 0.448. The van der Waals surface area contributed by atoms with Crippen LogP contribution in [0.1, 0.15) is 35.3 Å². The highest BCUT2D eigenvalue weighted by atomic mass is 79.9. The molecular weight excluding hydrogens is 414 g/mol. The monoisotopic (exact) mass is 437 g/mol. The Morgan fingerprint density at radius 2 is 1.54 bits per heavy atom. The van der Waals surface area contributed by atoms with Gasteiger partial charge in [0, 0.05) is 22.6 Å². The fourth-order valence-electron chi connectivity index (χ4n) is 2.88. The first-order valence-electron chi connectivity index (χ1n) is 9.35. The lowest BCUT2D eigenvalue weighted by Gasteiger charge is -2.27. The molecule has 0 heterocycles. The third-order valence-electron chi connectivity index (χ3n) is 4.50. The van der Waals surface area contributed by atoms with Crippen molar-refractivity contribution in [3.8, 4) is 5.75 Å². The topological polar surface area (TPSA) is 29.5 Å². The minimum atomic E-state index is 0.0342. The molecule has 3 aromatic rings. The van der Waals surface area contributed by atoms with Crippen molar-refractivity contribution < 1.29 is 9.53 Å². The van der Waals surface area contributed by atoms with Crippen molar-refractivity contribution in [2.45, 2.75) is 33.0 Å². The normalized spacial score (nSPS) is 10.7. The van der Waals surface area contributed by atoms with Crippen molar-refractivity contribution >= 4 is 21.8 Å². The SMILES string of the molecule is CC(C)N(Cc1ccc(OCc2ccccc2)cc1)C(=O)c1ccc(Br)cc1. The lowest BCUT2D eigenvalue weighted by Crippen LogP contribution is -2.36. The van der Waals surface area contributed by atoms with Crippen molar-refractivity contribution in [1.82, 2.24) is 4.90 Å². The summed E-state index contributed by atoms with van der Waals surface area (Å²) in [5.74, 6) is 0.856. The van der Waals surface area contributed by atoms with Crippen molar-refractivity contribution in [3.05, 3.63) is 100 Å². The summed E-state index contributed by atoms with van der Waals surface area (Å²) in [6.07, 6.45) is 0. The van der Waals surface area contributed by atoms with Gasteiger partial charge in [0.2, 0.25) is 0 Å². The molecule has 4 heteroatoms. The number of nitrogens with zero attached hydrogens (tertiary/aromatic N) is 1. The standard InChI is InChI=1S/C24H24BrNO2/c1-18(2)26(24(27)21-10-12-22(25)13-11-21)16-19-8-14-23(15-9-19)28-17-20-6-4-3-5-7-20/h3-15,18H,16-17H2,1-2H3. The van der Waals surface area contributed by atoms with E-state index < -0.39 is 0 Å². The average Bonchev–Trinajstić information content (AvgIpc) is 2.72. The van der Waals surface area contributed by atoms with Gasteiger partial charge in [0.15, 0.2) is 0 Å². The number of carbonyl (C=O) groups is 1. The van der Waals surface area contributed by atoms with Gasteiger partial charge < -0.3 is 9.64 Å². The maximum Gasteiger partial charge on any atom is 0.254 e. The van der Waals surface area contributed by atoms with Crippen LogP contribution in [0.5, 0.6) is 5.75 Å². The molecule has 0 spiro atoms. The molecule has 0 radical (unpaired) electrons. The molecule has 0 saturated carbocycles. The molecule has 144 valence electrons. The molecule has 0 aliphatic carbocycles. The van der Waals surface area contributed by atoms with E-state index in [2.05, 4.69) is 15.9 Å². The summed E-state index contributed by atoms with van der Waals surface area (Å²) in [4.78, 5) is 14.8. The zero-order valence-electron chi connectivity index (χ0n) is 16.1. The summed E-state index contributed by atoms with van der Waals surface area (Å²) < 4.78 is 6.81. The second-order valence-corrected chi connectivity index (χ2v) is 7.87. The molecule has 3 rings (SSSR count). The Labute approximate surface area is 175 Å². The molecule has 3 aromatic carbocycles. The van der Waals surface area contributed by atoms with Gasteiger partial charge in [0.1, 0.15) is 12.4 Å². The van der Waals surface area contributed by atoms with Gasteiger partial charge in [0.25, 0.3) is 5.91 Å². The van der Waals surface area contributed by atoms with Gasteiger partial charge in [-0.2, -0.15) is 0 Å². The molecule has 3 nitrogen and oxygen atoms in total. The fraction of sp³-hybridized carbons (Fsp3) is 0.208. The number of hydrogen-bond donors (Lipinski definition) is 0. The van der Waals surface area contributed by atoms with Gasteiger partial charge in [-0.05, 0) is 61.4 Å². The Kier molecular flexibility index (Phi) is 6.88. The van der Waals surface area contributed by atoms with E-state index in [1.54, 1.807) is 0 Å². The van der Waals surface area contributed by atoms with Crippen LogP contribution in [-0.4, -0.2) is 16.8 Å². The van der Waals surface area contributed by atoms with Gasteiger partial charge >= 0.3 is 0 Å². The van der Waals surface area contributed by atoms with E-state index in [-0.39, 0.29) is 11.9 Å². The molecule has 1 amide bonds. The van der Waals surface area contributed by atoms with E-state index in [0.717, 1.165) is 21.3 Å². The van der Waals surface area contributed by atoms with Gasteiger partial charge in [-0.1, -0.05) is 58.4 Å². The largest absolute Gasteiger partial charge is 0.489 e. The molecule has 0 aromatic heterocycles. The van der Waals surface area contributed by atoms with Crippen LogP contribution in [0.3, 0.4) is 0 Å². The molecule has 0 bridgehead atoms. The Hall–Kier alpha value is -2.59. The first-order valence-corrected chi connectivity index (χ1v) is 10.1. The Morgan fingerprint density at radius 3 is 2.14 bits per heavy atom. The smallest absolute Gasteiger partial charge is 0.254 e. The van der Waals surface area contributed by atoms with Gasteiger partial charge in [-0.3, -0.25) is 4.79 Å². The van der Waals surface area contributed by atoms with Crippen LogP contribution >= 0.6 is 15.9 Å². The maximum atomic E-state index is 12.9. The molecule has 0 unspecified atom stereocenters. The van der Waals surface area contributed by atoms with Crippen LogP contribution in [0.15, 0.2) is 83.3 Å². The van der Waals surface area contributed by atoms with Gasteiger partial charge in [-0.25, -0.2) is 0 Å². The first-order chi connectivity index (χ1) is 13.5. The van der Waals surface area contributed by atoms with E-state index in [4.69, 9.17) is 4.74 Å². The average molecular weight is 438 g/mol. The lowest BCUT2D eigenvalue weighted by molar-refractivity contribution is 0.0690. The Balaban J connectivity index is 1.64. The molecule has 0 N–H and O–H groups in total. The number of halogens is 1. The minimum Gasteiger partial charge on any atom is -0.489 e. The Morgan fingerprint density at radius 1 is 0.893 bits per heavy atom. The summed E-state index contributed by atoms with van der Waals surface area (Å²) in [7, 11) is 0. The summed E-state index contributed by atoms with van der Waals surface area (Å²) >= 11 is 3.41. The number of hydrogen-bond acceptors (Lipinski definition) is 2. The molecule has 0 saturated heterocycles. The van der Waals surface area contributed by atoms with E-state index >= 15 is 0 Å². The third kappa shape index (κ3) is 5.46. The number of carbonyl (C=O) groups excluding carboxylic acids is 1. The van der Waals surface area contributed by atoms with Crippen molar-refractivity contribution in [3.63, 3.8) is 0 Å². The van der Waals surface area contributed by atoms with Crippen LogP contribution in [0.25, 0.3) is 0 Å². The number of rotatable bonds is 7. The van der Waals surface area contributed by atoms with E-state index in [0.29, 0.717) is 18.7 Å². The van der Waals surface area contributed by atoms with Crippen molar-refractivity contribution in [1.29, 1.82) is 0 Å². The second-order valence-electron chi connectivity index (χ2n) is 6.95. The first kappa shape index (κ1) is 20.2. The zero-order valence-corrected chi connectivity index (χ0v) is 17.7. The van der Waals surface area contributed by atoms with Crippen molar-refractivity contribution in [2.24, 2.45) is 0 Å². The summed E-state index contributed by atoms with van der Waals surface area (Å²) in [5, 5.41) is 0. The zero-order chi connectivity index (χ0) is 19.9. The molecule has 28 heavy (non-hydrogen) atoms. The number of benzene rings is 3. The number of amides is 1. The third-order valence-corrected chi connectivity index (χ3v) is 5.03. The summed E-state index contributed by atoms with van der Waals surface area (Å²) in [5.41, 5.74) is 2.91.